The molecule has 1 heterocycles. The Morgan fingerprint density at radius 1 is 1.29 bits per heavy atom. The summed E-state index contributed by atoms with van der Waals surface area (Å²) in [5.41, 5.74) is 11.3. The van der Waals surface area contributed by atoms with Crippen LogP contribution in [0.2, 0.25) is 0 Å². The van der Waals surface area contributed by atoms with Crippen molar-refractivity contribution in [1.29, 1.82) is 0 Å². The molecular formula is C16H21N3O2. The lowest BCUT2D eigenvalue weighted by molar-refractivity contribution is -0.127. The second-order valence-corrected chi connectivity index (χ2v) is 6.16. The third-order valence-electron chi connectivity index (χ3n) is 4.32. The normalized spacial score (nSPS) is 28.3. The van der Waals surface area contributed by atoms with E-state index in [1.807, 2.05) is 0 Å². The summed E-state index contributed by atoms with van der Waals surface area (Å²) >= 11 is 0. The van der Waals surface area contributed by atoms with Crippen LogP contribution in [0.4, 0.5) is 0 Å². The van der Waals surface area contributed by atoms with Gasteiger partial charge in [-0.25, -0.2) is 15.3 Å². The van der Waals surface area contributed by atoms with Crippen molar-refractivity contribution in [3.63, 3.8) is 0 Å². The number of amidine groups is 1. The number of aliphatic imine (C=N–C) groups is 1. The number of primary amides is 1. The van der Waals surface area contributed by atoms with Crippen molar-refractivity contribution < 1.29 is 9.63 Å². The van der Waals surface area contributed by atoms with Gasteiger partial charge in [0, 0.05) is 24.3 Å². The first kappa shape index (κ1) is 14.1. The van der Waals surface area contributed by atoms with Crippen molar-refractivity contribution in [1.82, 2.24) is 5.48 Å². The molecule has 0 aromatic heterocycles. The Balaban J connectivity index is 1.80. The molecule has 1 aromatic rings. The second kappa shape index (κ2) is 5.15. The van der Waals surface area contributed by atoms with E-state index in [4.69, 9.17) is 15.6 Å². The average molecular weight is 287 g/mol. The minimum absolute atomic E-state index is 0.0420. The lowest BCUT2D eigenvalue weighted by atomic mass is 9.83. The molecule has 0 atom stereocenters. The topological polar surface area (TPSA) is 76.7 Å². The molecule has 1 aliphatic carbocycles. The highest BCUT2D eigenvalue weighted by Crippen LogP contribution is 2.37. The van der Waals surface area contributed by atoms with E-state index in [9.17, 15) is 4.79 Å². The van der Waals surface area contributed by atoms with Crippen molar-refractivity contribution in [2.75, 3.05) is 0 Å². The summed E-state index contributed by atoms with van der Waals surface area (Å²) in [4.78, 5) is 21.8. The van der Waals surface area contributed by atoms with Gasteiger partial charge in [0.05, 0.1) is 0 Å². The quantitative estimate of drug-likeness (QED) is 0.873. The Bertz CT molecular complexity index is 581. The number of aryl methyl sites for hydroxylation is 2. The standard InChI is InChI=1S/C16H21N3O2/c1-10-7-11(2)9-13(8-10)15-18-16(21-19-15)5-3-12(4-6-16)14(17)20/h7-9,12H,3-6H2,1-2H3,(H2,17,20)(H,18,19). The molecule has 1 aliphatic heterocycles. The van der Waals surface area contributed by atoms with Crippen molar-refractivity contribution >= 4 is 11.7 Å². The molecule has 1 spiro atoms. The highest BCUT2D eigenvalue weighted by Gasteiger charge is 2.42. The van der Waals surface area contributed by atoms with Crippen molar-refractivity contribution in [2.45, 2.75) is 45.3 Å². The molecule has 5 nitrogen and oxygen atoms in total. The number of hydrogen-bond acceptors (Lipinski definition) is 4. The number of nitrogens with zero attached hydrogens (tertiary/aromatic N) is 1. The minimum Gasteiger partial charge on any atom is -0.369 e. The van der Waals surface area contributed by atoms with Gasteiger partial charge in [0.1, 0.15) is 0 Å². The van der Waals surface area contributed by atoms with Gasteiger partial charge in [0.25, 0.3) is 0 Å². The summed E-state index contributed by atoms with van der Waals surface area (Å²) in [6.07, 6.45) is 2.92. The van der Waals surface area contributed by atoms with E-state index in [1.54, 1.807) is 0 Å². The lowest BCUT2D eigenvalue weighted by Crippen LogP contribution is -2.38. The zero-order valence-electron chi connectivity index (χ0n) is 12.5. The Hall–Kier alpha value is -1.88. The molecule has 0 radical (unpaired) electrons. The number of nitrogens with one attached hydrogen (secondary N) is 1. The van der Waals surface area contributed by atoms with Crippen LogP contribution in [0.5, 0.6) is 0 Å². The van der Waals surface area contributed by atoms with E-state index >= 15 is 0 Å². The average Bonchev–Trinajstić information content (AvgIpc) is 2.82. The Morgan fingerprint density at radius 2 is 1.90 bits per heavy atom. The summed E-state index contributed by atoms with van der Waals surface area (Å²) in [6, 6.07) is 6.32. The lowest BCUT2D eigenvalue weighted by Gasteiger charge is -2.31. The molecule has 0 saturated heterocycles. The summed E-state index contributed by atoms with van der Waals surface area (Å²) in [5.74, 6) is 0.522. The molecule has 21 heavy (non-hydrogen) atoms. The molecule has 1 saturated carbocycles. The molecule has 5 heteroatoms. The van der Waals surface area contributed by atoms with Gasteiger partial charge < -0.3 is 5.73 Å². The largest absolute Gasteiger partial charge is 0.369 e. The summed E-state index contributed by atoms with van der Waals surface area (Å²) in [7, 11) is 0. The number of nitrogens with two attached hydrogens (primary N) is 1. The molecule has 3 N–H and O–H groups in total. The van der Waals surface area contributed by atoms with E-state index in [0.29, 0.717) is 0 Å². The minimum atomic E-state index is -0.529. The van der Waals surface area contributed by atoms with Gasteiger partial charge in [-0.1, -0.05) is 17.2 Å². The maximum Gasteiger partial charge on any atom is 0.220 e. The third kappa shape index (κ3) is 2.78. The van der Waals surface area contributed by atoms with Crippen LogP contribution in [0.25, 0.3) is 0 Å². The first-order valence-electron chi connectivity index (χ1n) is 7.39. The van der Waals surface area contributed by atoms with Crippen molar-refractivity contribution in [2.24, 2.45) is 16.6 Å². The second-order valence-electron chi connectivity index (χ2n) is 6.16. The van der Waals surface area contributed by atoms with Gasteiger partial charge in [0.15, 0.2) is 11.6 Å². The van der Waals surface area contributed by atoms with Crippen LogP contribution in [0.3, 0.4) is 0 Å². The molecule has 1 amide bonds. The van der Waals surface area contributed by atoms with Crippen molar-refractivity contribution in [3.05, 3.63) is 34.9 Å². The van der Waals surface area contributed by atoms with Crippen LogP contribution in [0.15, 0.2) is 23.2 Å². The third-order valence-corrected chi connectivity index (χ3v) is 4.32. The van der Waals surface area contributed by atoms with E-state index < -0.39 is 5.72 Å². The number of amides is 1. The predicted octanol–water partition coefficient (Wildman–Crippen LogP) is 1.96. The first-order chi connectivity index (χ1) is 9.97. The fourth-order valence-electron chi connectivity index (χ4n) is 3.19. The first-order valence-corrected chi connectivity index (χ1v) is 7.39. The summed E-state index contributed by atoms with van der Waals surface area (Å²) in [6.45, 7) is 4.14. The number of hydrogen-bond donors (Lipinski definition) is 2. The van der Waals surface area contributed by atoms with Crippen LogP contribution in [-0.4, -0.2) is 17.5 Å². The Morgan fingerprint density at radius 3 is 2.48 bits per heavy atom. The highest BCUT2D eigenvalue weighted by atomic mass is 16.7. The maximum absolute atomic E-state index is 11.2. The summed E-state index contributed by atoms with van der Waals surface area (Å²) < 4.78 is 0. The van der Waals surface area contributed by atoms with Crippen LogP contribution < -0.4 is 11.2 Å². The van der Waals surface area contributed by atoms with E-state index in [0.717, 1.165) is 37.1 Å². The van der Waals surface area contributed by atoms with E-state index in [-0.39, 0.29) is 11.8 Å². The molecule has 2 aliphatic rings. The zero-order chi connectivity index (χ0) is 15.0. The van der Waals surface area contributed by atoms with Gasteiger partial charge in [-0.3, -0.25) is 4.79 Å². The van der Waals surface area contributed by atoms with Crippen LogP contribution >= 0.6 is 0 Å². The number of hydroxylamine groups is 1. The van der Waals surface area contributed by atoms with E-state index in [1.165, 1.54) is 11.1 Å². The van der Waals surface area contributed by atoms with Crippen LogP contribution in [0, 0.1) is 19.8 Å². The number of carbonyl (C=O) groups is 1. The SMILES string of the molecule is Cc1cc(C)cc(C2=NC3(CCC(C(N)=O)CC3)ON2)c1. The molecule has 0 unspecified atom stereocenters. The molecular weight excluding hydrogens is 266 g/mol. The van der Waals surface area contributed by atoms with Gasteiger partial charge >= 0.3 is 0 Å². The highest BCUT2D eigenvalue weighted by molar-refractivity contribution is 5.99. The van der Waals surface area contributed by atoms with Crippen LogP contribution in [0.1, 0.15) is 42.4 Å². The number of benzene rings is 1. The van der Waals surface area contributed by atoms with Gasteiger partial charge in [0.2, 0.25) is 5.91 Å². The number of rotatable bonds is 2. The molecule has 1 fully saturated rings. The monoisotopic (exact) mass is 287 g/mol. The Labute approximate surface area is 124 Å². The predicted molar refractivity (Wildman–Crippen MR) is 80.6 cm³/mol. The Kier molecular flexibility index (Phi) is 3.45. The van der Waals surface area contributed by atoms with Gasteiger partial charge in [-0.05, 0) is 38.8 Å². The zero-order valence-corrected chi connectivity index (χ0v) is 12.5. The van der Waals surface area contributed by atoms with Crippen LogP contribution in [-0.2, 0) is 9.63 Å². The van der Waals surface area contributed by atoms with Gasteiger partial charge in [-0.15, -0.1) is 0 Å². The smallest absolute Gasteiger partial charge is 0.220 e. The van der Waals surface area contributed by atoms with Crippen molar-refractivity contribution in [3.8, 4) is 0 Å². The summed E-state index contributed by atoms with van der Waals surface area (Å²) in [5, 5.41) is 0. The molecule has 1 aromatic carbocycles. The molecule has 3 rings (SSSR count). The maximum atomic E-state index is 11.2. The fourth-order valence-corrected chi connectivity index (χ4v) is 3.19. The molecule has 0 bridgehead atoms. The molecule has 112 valence electrons. The van der Waals surface area contributed by atoms with E-state index in [2.05, 4.69) is 37.5 Å². The van der Waals surface area contributed by atoms with Gasteiger partial charge in [-0.2, -0.15) is 0 Å². The fraction of sp³-hybridized carbons (Fsp3) is 0.500. The number of carbonyl (C=O) groups excluding carboxylic acids is 1.